The van der Waals surface area contributed by atoms with Crippen LogP contribution in [0.4, 0.5) is 4.79 Å². The maximum absolute atomic E-state index is 12.2. The molecule has 2 rings (SSSR count). The number of rotatable bonds is 3. The number of piperazine rings is 1. The van der Waals surface area contributed by atoms with E-state index in [2.05, 4.69) is 24.0 Å². The highest BCUT2D eigenvalue weighted by molar-refractivity contribution is 5.68. The van der Waals surface area contributed by atoms with Crippen LogP contribution in [0.25, 0.3) is 0 Å². The fraction of sp³-hybridized carbons (Fsp3) is 0.611. The summed E-state index contributed by atoms with van der Waals surface area (Å²) in [7, 11) is 1.67. The molecule has 1 atom stereocenters. The van der Waals surface area contributed by atoms with E-state index in [0.29, 0.717) is 19.1 Å². The maximum atomic E-state index is 12.2. The quantitative estimate of drug-likeness (QED) is 0.858. The van der Waals surface area contributed by atoms with Crippen molar-refractivity contribution in [2.45, 2.75) is 45.9 Å². The van der Waals surface area contributed by atoms with Crippen molar-refractivity contribution in [3.05, 3.63) is 29.8 Å². The highest BCUT2D eigenvalue weighted by atomic mass is 16.6. The largest absolute Gasteiger partial charge is 0.497 e. The molecule has 1 amide bonds. The molecule has 0 saturated carbocycles. The van der Waals surface area contributed by atoms with Gasteiger partial charge in [-0.15, -0.1) is 0 Å². The van der Waals surface area contributed by atoms with Gasteiger partial charge in [-0.05, 0) is 45.4 Å². The molecule has 1 aliphatic heterocycles. The molecule has 5 nitrogen and oxygen atoms in total. The second-order valence-electron chi connectivity index (χ2n) is 7.09. The van der Waals surface area contributed by atoms with E-state index in [4.69, 9.17) is 9.47 Å². The third kappa shape index (κ3) is 5.13. The van der Waals surface area contributed by atoms with Gasteiger partial charge in [0.05, 0.1) is 7.11 Å². The fourth-order valence-corrected chi connectivity index (χ4v) is 2.69. The lowest BCUT2D eigenvalue weighted by Crippen LogP contribution is -2.54. The smallest absolute Gasteiger partial charge is 0.410 e. The Bertz CT molecular complexity index is 522. The molecule has 0 aliphatic carbocycles. The molecule has 1 fully saturated rings. The van der Waals surface area contributed by atoms with Crippen molar-refractivity contribution in [2.24, 2.45) is 0 Å². The summed E-state index contributed by atoms with van der Waals surface area (Å²) < 4.78 is 10.6. The van der Waals surface area contributed by atoms with Gasteiger partial charge in [0.2, 0.25) is 0 Å². The van der Waals surface area contributed by atoms with Crippen molar-refractivity contribution >= 4 is 6.09 Å². The molecule has 0 N–H and O–H groups in total. The van der Waals surface area contributed by atoms with Crippen LogP contribution in [0.1, 0.15) is 33.3 Å². The van der Waals surface area contributed by atoms with Gasteiger partial charge in [0.15, 0.2) is 0 Å². The van der Waals surface area contributed by atoms with Crippen LogP contribution in [-0.4, -0.2) is 54.3 Å². The first kappa shape index (κ1) is 17.6. The van der Waals surface area contributed by atoms with E-state index in [-0.39, 0.29) is 6.09 Å². The number of hydrogen-bond donors (Lipinski definition) is 0. The minimum Gasteiger partial charge on any atom is -0.497 e. The van der Waals surface area contributed by atoms with Crippen molar-refractivity contribution in [1.82, 2.24) is 9.80 Å². The number of benzene rings is 1. The Kier molecular flexibility index (Phi) is 5.52. The van der Waals surface area contributed by atoms with E-state index in [1.807, 2.05) is 32.9 Å². The van der Waals surface area contributed by atoms with Crippen molar-refractivity contribution in [2.75, 3.05) is 26.7 Å². The van der Waals surface area contributed by atoms with Gasteiger partial charge >= 0.3 is 6.09 Å². The molecule has 128 valence electrons. The summed E-state index contributed by atoms with van der Waals surface area (Å²) in [6.07, 6.45) is -0.214. The molecule has 1 aliphatic rings. The summed E-state index contributed by atoms with van der Waals surface area (Å²) in [6.45, 7) is 11.0. The molecule has 1 heterocycles. The van der Waals surface area contributed by atoms with E-state index in [1.54, 1.807) is 12.0 Å². The van der Waals surface area contributed by atoms with Gasteiger partial charge in [-0.3, -0.25) is 4.90 Å². The Labute approximate surface area is 139 Å². The second kappa shape index (κ2) is 7.21. The van der Waals surface area contributed by atoms with Crippen molar-refractivity contribution in [3.8, 4) is 5.75 Å². The summed E-state index contributed by atoms with van der Waals surface area (Å²) in [5.41, 5.74) is 0.809. The van der Waals surface area contributed by atoms with Crippen molar-refractivity contribution in [3.63, 3.8) is 0 Å². The number of nitrogens with zero attached hydrogens (tertiary/aromatic N) is 2. The van der Waals surface area contributed by atoms with Gasteiger partial charge in [0, 0.05) is 32.2 Å². The van der Waals surface area contributed by atoms with Crippen LogP contribution < -0.4 is 4.74 Å². The lowest BCUT2D eigenvalue weighted by molar-refractivity contribution is 0.00461. The predicted octanol–water partition coefficient (Wildman–Crippen LogP) is 3.14. The molecule has 1 unspecified atom stereocenters. The lowest BCUT2D eigenvalue weighted by Gasteiger charge is -2.40. The number of ether oxygens (including phenoxy) is 2. The highest BCUT2D eigenvalue weighted by Crippen LogP contribution is 2.18. The average Bonchev–Trinajstić information content (AvgIpc) is 2.48. The Morgan fingerprint density at radius 1 is 1.22 bits per heavy atom. The van der Waals surface area contributed by atoms with Gasteiger partial charge < -0.3 is 14.4 Å². The van der Waals surface area contributed by atoms with Crippen LogP contribution in [0.15, 0.2) is 24.3 Å². The first-order chi connectivity index (χ1) is 10.8. The number of amides is 1. The van der Waals surface area contributed by atoms with Gasteiger partial charge in [-0.25, -0.2) is 4.79 Å². The molecule has 0 bridgehead atoms. The molecule has 1 saturated heterocycles. The van der Waals surface area contributed by atoms with E-state index in [1.165, 1.54) is 5.56 Å². The van der Waals surface area contributed by atoms with Crippen molar-refractivity contribution in [1.29, 1.82) is 0 Å². The van der Waals surface area contributed by atoms with E-state index < -0.39 is 5.60 Å². The first-order valence-corrected chi connectivity index (χ1v) is 8.13. The van der Waals surface area contributed by atoms with Gasteiger partial charge in [0.1, 0.15) is 11.4 Å². The number of carbonyl (C=O) groups excluding carboxylic acids is 1. The molecular formula is C18H28N2O3. The van der Waals surface area contributed by atoms with Gasteiger partial charge in [0.25, 0.3) is 0 Å². The number of carbonyl (C=O) groups is 1. The van der Waals surface area contributed by atoms with Crippen LogP contribution in [0, 0.1) is 0 Å². The fourth-order valence-electron chi connectivity index (χ4n) is 2.69. The minimum absolute atomic E-state index is 0.214. The first-order valence-electron chi connectivity index (χ1n) is 8.13. The Morgan fingerprint density at radius 3 is 2.39 bits per heavy atom. The Hall–Kier alpha value is -1.75. The Morgan fingerprint density at radius 2 is 1.87 bits per heavy atom. The van der Waals surface area contributed by atoms with Crippen LogP contribution in [0.3, 0.4) is 0 Å². The van der Waals surface area contributed by atoms with E-state index in [9.17, 15) is 4.79 Å². The third-order valence-electron chi connectivity index (χ3n) is 3.96. The van der Waals surface area contributed by atoms with Crippen LogP contribution >= 0.6 is 0 Å². The van der Waals surface area contributed by atoms with Crippen molar-refractivity contribution < 1.29 is 14.3 Å². The molecule has 1 aromatic carbocycles. The molecule has 23 heavy (non-hydrogen) atoms. The lowest BCUT2D eigenvalue weighted by atomic mass is 10.1. The van der Waals surface area contributed by atoms with E-state index >= 15 is 0 Å². The molecule has 1 aromatic rings. The number of hydrogen-bond acceptors (Lipinski definition) is 4. The summed E-state index contributed by atoms with van der Waals surface area (Å²) in [5, 5.41) is 0. The summed E-state index contributed by atoms with van der Waals surface area (Å²) in [4.78, 5) is 16.4. The molecular weight excluding hydrogens is 292 g/mol. The average molecular weight is 320 g/mol. The monoisotopic (exact) mass is 320 g/mol. The highest BCUT2D eigenvalue weighted by Gasteiger charge is 2.29. The van der Waals surface area contributed by atoms with Gasteiger partial charge in [-0.2, -0.15) is 0 Å². The zero-order valence-corrected chi connectivity index (χ0v) is 14.8. The van der Waals surface area contributed by atoms with Crippen LogP contribution in [0.2, 0.25) is 0 Å². The maximum Gasteiger partial charge on any atom is 0.410 e. The summed E-state index contributed by atoms with van der Waals surface area (Å²) >= 11 is 0. The number of methoxy groups -OCH3 is 1. The summed E-state index contributed by atoms with van der Waals surface area (Å²) in [5.74, 6) is 0.872. The second-order valence-corrected chi connectivity index (χ2v) is 7.09. The summed E-state index contributed by atoms with van der Waals surface area (Å²) in [6, 6.07) is 8.45. The van der Waals surface area contributed by atoms with Gasteiger partial charge in [-0.1, -0.05) is 12.1 Å². The topological polar surface area (TPSA) is 42.0 Å². The van der Waals surface area contributed by atoms with E-state index in [0.717, 1.165) is 18.8 Å². The Balaban J connectivity index is 1.89. The zero-order valence-electron chi connectivity index (χ0n) is 14.8. The zero-order chi connectivity index (χ0) is 17.0. The predicted molar refractivity (Wildman–Crippen MR) is 90.7 cm³/mol. The molecule has 5 heteroatoms. The standard InChI is InChI=1S/C18H28N2O3/c1-14-12-20(17(21)23-18(2,3)4)11-10-19(14)13-15-6-8-16(22-5)9-7-15/h6-9,14H,10-13H2,1-5H3. The molecule has 0 radical (unpaired) electrons. The molecule has 0 aromatic heterocycles. The van der Waals surface area contributed by atoms with Crippen LogP contribution in [-0.2, 0) is 11.3 Å². The SMILES string of the molecule is COc1ccc(CN2CCN(C(=O)OC(C)(C)C)CC2C)cc1. The molecule has 0 spiro atoms. The van der Waals surface area contributed by atoms with Crippen LogP contribution in [0.5, 0.6) is 5.75 Å². The normalized spacial score (nSPS) is 19.5. The minimum atomic E-state index is -0.444. The third-order valence-corrected chi connectivity index (χ3v) is 3.96.